The van der Waals surface area contributed by atoms with Crippen LogP contribution in [0.4, 0.5) is 0 Å². The average molecular weight is 294 g/mol. The van der Waals surface area contributed by atoms with Gasteiger partial charge in [-0.1, -0.05) is 0 Å². The zero-order valence-corrected chi connectivity index (χ0v) is 12.6. The molecule has 0 aliphatic heterocycles. The lowest BCUT2D eigenvalue weighted by atomic mass is 10.1. The Bertz CT molecular complexity index is 728. The maximum Gasteiger partial charge on any atom is 0.254 e. The van der Waals surface area contributed by atoms with Gasteiger partial charge in [0.15, 0.2) is 0 Å². The summed E-state index contributed by atoms with van der Waals surface area (Å²) in [4.78, 5) is 14.2. The van der Waals surface area contributed by atoms with Crippen LogP contribution in [-0.4, -0.2) is 22.4 Å². The van der Waals surface area contributed by atoms with E-state index < -0.39 is 0 Å². The van der Waals surface area contributed by atoms with E-state index in [4.69, 9.17) is 4.42 Å². The van der Waals surface area contributed by atoms with Crippen LogP contribution in [0.5, 0.6) is 0 Å². The molecule has 0 bridgehead atoms. The van der Waals surface area contributed by atoms with E-state index in [1.165, 1.54) is 0 Å². The first-order valence-corrected chi connectivity index (χ1v) is 7.21. The molecule has 1 amide bonds. The summed E-state index contributed by atoms with van der Waals surface area (Å²) >= 11 is 0. The molecule has 3 rings (SSSR count). The molecule has 0 spiro atoms. The second kappa shape index (κ2) is 5.93. The van der Waals surface area contributed by atoms with Crippen LogP contribution in [0.1, 0.15) is 29.1 Å². The first-order chi connectivity index (χ1) is 10.7. The molecule has 4 nitrogen and oxygen atoms in total. The third kappa shape index (κ3) is 2.68. The summed E-state index contributed by atoms with van der Waals surface area (Å²) in [5.74, 6) is 0.753. The molecule has 1 aromatic carbocycles. The number of rotatable bonds is 4. The third-order valence-electron chi connectivity index (χ3n) is 3.87. The van der Waals surface area contributed by atoms with Gasteiger partial charge in [-0.15, -0.1) is 0 Å². The molecule has 0 aliphatic carbocycles. The quantitative estimate of drug-likeness (QED) is 0.732. The van der Waals surface area contributed by atoms with Gasteiger partial charge < -0.3 is 13.9 Å². The monoisotopic (exact) mass is 294 g/mol. The number of hydrogen-bond donors (Lipinski definition) is 0. The van der Waals surface area contributed by atoms with Crippen molar-refractivity contribution in [3.63, 3.8) is 0 Å². The summed E-state index contributed by atoms with van der Waals surface area (Å²) < 4.78 is 7.38. The lowest BCUT2D eigenvalue weighted by Gasteiger charge is -2.23. The second-order valence-electron chi connectivity index (χ2n) is 5.24. The minimum Gasteiger partial charge on any atom is -0.467 e. The average Bonchev–Trinajstić information content (AvgIpc) is 3.26. The van der Waals surface area contributed by atoms with Crippen LogP contribution in [0.15, 0.2) is 71.6 Å². The van der Waals surface area contributed by atoms with Crippen LogP contribution in [0.2, 0.25) is 0 Å². The van der Waals surface area contributed by atoms with E-state index in [2.05, 4.69) is 0 Å². The maximum absolute atomic E-state index is 12.6. The van der Waals surface area contributed by atoms with Crippen molar-refractivity contribution in [1.29, 1.82) is 0 Å². The lowest BCUT2D eigenvalue weighted by Crippen LogP contribution is -2.29. The molecule has 0 radical (unpaired) electrons. The molecular formula is C18H18N2O2. The third-order valence-corrected chi connectivity index (χ3v) is 3.87. The van der Waals surface area contributed by atoms with Crippen LogP contribution in [0, 0.1) is 0 Å². The fourth-order valence-electron chi connectivity index (χ4n) is 2.38. The summed E-state index contributed by atoms with van der Waals surface area (Å²) in [5, 5.41) is 0. The minimum absolute atomic E-state index is 0.0250. The number of nitrogens with zero attached hydrogens (tertiary/aromatic N) is 2. The maximum atomic E-state index is 12.6. The van der Waals surface area contributed by atoms with Crippen molar-refractivity contribution in [3.8, 4) is 5.69 Å². The van der Waals surface area contributed by atoms with Gasteiger partial charge in [0, 0.05) is 30.7 Å². The van der Waals surface area contributed by atoms with E-state index >= 15 is 0 Å². The molecule has 3 aromatic rings. The molecule has 2 aromatic heterocycles. The topological polar surface area (TPSA) is 38.4 Å². The summed E-state index contributed by atoms with van der Waals surface area (Å²) in [6, 6.07) is 15.1. The van der Waals surface area contributed by atoms with Crippen molar-refractivity contribution in [2.75, 3.05) is 7.05 Å². The fourth-order valence-corrected chi connectivity index (χ4v) is 2.38. The van der Waals surface area contributed by atoms with E-state index in [0.29, 0.717) is 5.56 Å². The highest BCUT2D eigenvalue weighted by molar-refractivity contribution is 5.94. The second-order valence-corrected chi connectivity index (χ2v) is 5.24. The van der Waals surface area contributed by atoms with Crippen LogP contribution in [0.3, 0.4) is 0 Å². The lowest BCUT2D eigenvalue weighted by molar-refractivity contribution is 0.0726. The number of furan rings is 1. The molecule has 2 heterocycles. The SMILES string of the molecule is CC(c1ccco1)N(C)C(=O)c1ccc(-n2cccc2)cc1. The van der Waals surface area contributed by atoms with Gasteiger partial charge in [0.1, 0.15) is 5.76 Å². The number of hydrogen-bond acceptors (Lipinski definition) is 2. The van der Waals surface area contributed by atoms with Gasteiger partial charge in [-0.25, -0.2) is 0 Å². The molecule has 0 saturated carbocycles. The van der Waals surface area contributed by atoms with Gasteiger partial charge in [-0.2, -0.15) is 0 Å². The molecule has 112 valence electrons. The van der Waals surface area contributed by atoms with Crippen LogP contribution in [0.25, 0.3) is 5.69 Å². The van der Waals surface area contributed by atoms with Gasteiger partial charge in [0.2, 0.25) is 0 Å². The van der Waals surface area contributed by atoms with Crippen molar-refractivity contribution in [1.82, 2.24) is 9.47 Å². The highest BCUT2D eigenvalue weighted by Crippen LogP contribution is 2.21. The summed E-state index contributed by atoms with van der Waals surface area (Å²) in [5.41, 5.74) is 1.69. The standard InChI is InChI=1S/C18H18N2O2/c1-14(17-6-5-13-22-17)19(2)18(21)15-7-9-16(10-8-15)20-11-3-4-12-20/h3-14H,1-2H3. The highest BCUT2D eigenvalue weighted by Gasteiger charge is 2.20. The van der Waals surface area contributed by atoms with E-state index in [1.54, 1.807) is 18.2 Å². The van der Waals surface area contributed by atoms with Gasteiger partial charge in [-0.05, 0) is 55.5 Å². The smallest absolute Gasteiger partial charge is 0.254 e. The Morgan fingerprint density at radius 2 is 1.77 bits per heavy atom. The minimum atomic E-state index is -0.105. The number of aromatic nitrogens is 1. The number of carbonyl (C=O) groups excluding carboxylic acids is 1. The molecule has 0 fully saturated rings. The predicted molar refractivity (Wildman–Crippen MR) is 85.0 cm³/mol. The Hall–Kier alpha value is -2.75. The zero-order valence-electron chi connectivity index (χ0n) is 12.6. The highest BCUT2D eigenvalue weighted by atomic mass is 16.3. The van der Waals surface area contributed by atoms with Crippen molar-refractivity contribution in [2.24, 2.45) is 0 Å². The van der Waals surface area contributed by atoms with Crippen molar-refractivity contribution >= 4 is 5.91 Å². The van der Waals surface area contributed by atoms with Crippen LogP contribution < -0.4 is 0 Å². The Kier molecular flexibility index (Phi) is 3.83. The molecule has 1 unspecified atom stereocenters. The van der Waals surface area contributed by atoms with E-state index in [-0.39, 0.29) is 11.9 Å². The number of amides is 1. The van der Waals surface area contributed by atoms with Crippen LogP contribution in [-0.2, 0) is 0 Å². The molecule has 0 aliphatic rings. The Balaban J connectivity index is 1.77. The first-order valence-electron chi connectivity index (χ1n) is 7.21. The first kappa shape index (κ1) is 14.2. The van der Waals surface area contributed by atoms with Gasteiger partial charge in [0.25, 0.3) is 5.91 Å². The molecule has 1 atom stereocenters. The number of benzene rings is 1. The fraction of sp³-hybridized carbons (Fsp3) is 0.167. The Morgan fingerprint density at radius 1 is 1.09 bits per heavy atom. The molecule has 0 N–H and O–H groups in total. The zero-order chi connectivity index (χ0) is 15.5. The van der Waals surface area contributed by atoms with Crippen LogP contribution >= 0.6 is 0 Å². The van der Waals surface area contributed by atoms with E-state index in [9.17, 15) is 4.79 Å². The van der Waals surface area contributed by atoms with Gasteiger partial charge >= 0.3 is 0 Å². The van der Waals surface area contributed by atoms with Crippen molar-refractivity contribution < 1.29 is 9.21 Å². The number of carbonyl (C=O) groups is 1. The predicted octanol–water partition coefficient (Wildman–Crippen LogP) is 3.90. The largest absolute Gasteiger partial charge is 0.467 e. The molecule has 22 heavy (non-hydrogen) atoms. The normalized spacial score (nSPS) is 12.1. The molecular weight excluding hydrogens is 276 g/mol. The summed E-state index contributed by atoms with van der Waals surface area (Å²) in [6.07, 6.45) is 5.57. The van der Waals surface area contributed by atoms with E-state index in [0.717, 1.165) is 11.4 Å². The molecule has 0 saturated heterocycles. The molecule has 4 heteroatoms. The van der Waals surface area contributed by atoms with Crippen molar-refractivity contribution in [3.05, 3.63) is 78.5 Å². The van der Waals surface area contributed by atoms with Crippen molar-refractivity contribution in [2.45, 2.75) is 13.0 Å². The summed E-state index contributed by atoms with van der Waals surface area (Å²) in [7, 11) is 1.79. The van der Waals surface area contributed by atoms with E-state index in [1.807, 2.05) is 72.4 Å². The Morgan fingerprint density at radius 3 is 2.36 bits per heavy atom. The Labute approximate surface area is 129 Å². The van der Waals surface area contributed by atoms with Gasteiger partial charge in [-0.3, -0.25) is 4.79 Å². The summed E-state index contributed by atoms with van der Waals surface area (Å²) in [6.45, 7) is 1.95. The van der Waals surface area contributed by atoms with Gasteiger partial charge in [0.05, 0.1) is 12.3 Å².